The molecule has 1 aromatic carbocycles. The third-order valence-corrected chi connectivity index (χ3v) is 4.51. The SMILES string of the molecule is NC(=O)c1cc(F)c(N[C@@H]2CCNC2)nc1Nc1ccc2ncccc2c1. The predicted octanol–water partition coefficient (Wildman–Crippen LogP) is 2.39. The zero-order valence-electron chi connectivity index (χ0n) is 14.5. The van der Waals surface area contributed by atoms with Gasteiger partial charge < -0.3 is 21.7 Å². The molecule has 0 spiro atoms. The number of hydrogen-bond acceptors (Lipinski definition) is 6. The summed E-state index contributed by atoms with van der Waals surface area (Å²) in [6, 6.07) is 10.5. The highest BCUT2D eigenvalue weighted by Gasteiger charge is 2.20. The third-order valence-electron chi connectivity index (χ3n) is 4.51. The molecule has 138 valence electrons. The first-order chi connectivity index (χ1) is 13.1. The van der Waals surface area contributed by atoms with Gasteiger partial charge in [-0.2, -0.15) is 0 Å². The summed E-state index contributed by atoms with van der Waals surface area (Å²) in [7, 11) is 0. The summed E-state index contributed by atoms with van der Waals surface area (Å²) in [4.78, 5) is 20.3. The van der Waals surface area contributed by atoms with Crippen molar-refractivity contribution >= 4 is 34.1 Å². The second-order valence-electron chi connectivity index (χ2n) is 6.45. The largest absolute Gasteiger partial charge is 0.365 e. The van der Waals surface area contributed by atoms with Crippen molar-refractivity contribution in [1.29, 1.82) is 0 Å². The number of aromatic nitrogens is 2. The van der Waals surface area contributed by atoms with E-state index in [1.165, 1.54) is 0 Å². The van der Waals surface area contributed by atoms with Crippen LogP contribution in [-0.2, 0) is 0 Å². The number of anilines is 3. The van der Waals surface area contributed by atoms with Crippen molar-refractivity contribution in [3.8, 4) is 0 Å². The van der Waals surface area contributed by atoms with Gasteiger partial charge in [0.2, 0.25) is 0 Å². The zero-order valence-corrected chi connectivity index (χ0v) is 14.5. The fourth-order valence-corrected chi connectivity index (χ4v) is 3.13. The lowest BCUT2D eigenvalue weighted by Crippen LogP contribution is -2.24. The summed E-state index contributed by atoms with van der Waals surface area (Å²) in [6.07, 6.45) is 2.59. The number of fused-ring (bicyclic) bond motifs is 1. The molecule has 0 saturated carbocycles. The van der Waals surface area contributed by atoms with E-state index in [1.54, 1.807) is 6.20 Å². The van der Waals surface area contributed by atoms with Crippen LogP contribution >= 0.6 is 0 Å². The molecule has 4 rings (SSSR count). The van der Waals surface area contributed by atoms with Crippen LogP contribution in [0.1, 0.15) is 16.8 Å². The highest BCUT2D eigenvalue weighted by atomic mass is 19.1. The molecule has 1 amide bonds. The third kappa shape index (κ3) is 3.65. The Morgan fingerprint density at radius 3 is 2.93 bits per heavy atom. The maximum atomic E-state index is 14.4. The van der Waals surface area contributed by atoms with Crippen LogP contribution in [0.5, 0.6) is 0 Å². The van der Waals surface area contributed by atoms with E-state index < -0.39 is 11.7 Å². The Balaban J connectivity index is 1.68. The number of nitrogens with one attached hydrogen (secondary N) is 3. The van der Waals surface area contributed by atoms with Crippen LogP contribution in [0.3, 0.4) is 0 Å². The number of benzene rings is 1. The molecule has 7 nitrogen and oxygen atoms in total. The van der Waals surface area contributed by atoms with Gasteiger partial charge in [0.05, 0.1) is 11.1 Å². The van der Waals surface area contributed by atoms with Gasteiger partial charge in [-0.25, -0.2) is 9.37 Å². The second-order valence-corrected chi connectivity index (χ2v) is 6.45. The molecule has 1 aliphatic heterocycles. The number of nitrogens with two attached hydrogens (primary N) is 1. The molecule has 1 aliphatic rings. The minimum absolute atomic E-state index is 0.00567. The van der Waals surface area contributed by atoms with Crippen LogP contribution < -0.4 is 21.7 Å². The first kappa shape index (κ1) is 17.2. The minimum Gasteiger partial charge on any atom is -0.365 e. The van der Waals surface area contributed by atoms with E-state index in [0.29, 0.717) is 5.69 Å². The Morgan fingerprint density at radius 1 is 1.26 bits per heavy atom. The number of carbonyl (C=O) groups is 1. The van der Waals surface area contributed by atoms with Gasteiger partial charge in [-0.15, -0.1) is 0 Å². The topological polar surface area (TPSA) is 105 Å². The highest BCUT2D eigenvalue weighted by molar-refractivity contribution is 5.99. The van der Waals surface area contributed by atoms with Crippen LogP contribution in [-0.4, -0.2) is 35.0 Å². The van der Waals surface area contributed by atoms with Crippen LogP contribution in [0.2, 0.25) is 0 Å². The summed E-state index contributed by atoms with van der Waals surface area (Å²) >= 11 is 0. The van der Waals surface area contributed by atoms with E-state index in [2.05, 4.69) is 25.9 Å². The van der Waals surface area contributed by atoms with Crippen LogP contribution in [0.25, 0.3) is 10.9 Å². The number of amides is 1. The lowest BCUT2D eigenvalue weighted by atomic mass is 10.2. The summed E-state index contributed by atoms with van der Waals surface area (Å²) in [5.74, 6) is -1.05. The van der Waals surface area contributed by atoms with Crippen molar-refractivity contribution in [2.45, 2.75) is 12.5 Å². The van der Waals surface area contributed by atoms with E-state index in [0.717, 1.165) is 36.5 Å². The first-order valence-electron chi connectivity index (χ1n) is 8.69. The van der Waals surface area contributed by atoms with Gasteiger partial charge in [0.25, 0.3) is 5.91 Å². The normalized spacial score (nSPS) is 16.4. The Kier molecular flexibility index (Phi) is 4.55. The van der Waals surface area contributed by atoms with E-state index in [4.69, 9.17) is 5.73 Å². The number of nitrogens with zero attached hydrogens (tertiary/aromatic N) is 2. The van der Waals surface area contributed by atoms with Crippen molar-refractivity contribution in [3.63, 3.8) is 0 Å². The van der Waals surface area contributed by atoms with Gasteiger partial charge >= 0.3 is 0 Å². The molecule has 0 unspecified atom stereocenters. The maximum Gasteiger partial charge on any atom is 0.252 e. The van der Waals surface area contributed by atoms with Crippen molar-refractivity contribution in [2.24, 2.45) is 5.73 Å². The smallest absolute Gasteiger partial charge is 0.252 e. The van der Waals surface area contributed by atoms with E-state index in [9.17, 15) is 9.18 Å². The van der Waals surface area contributed by atoms with Gasteiger partial charge in [-0.05, 0) is 43.3 Å². The summed E-state index contributed by atoms with van der Waals surface area (Å²) < 4.78 is 14.4. The molecule has 1 atom stereocenters. The van der Waals surface area contributed by atoms with E-state index in [-0.39, 0.29) is 23.2 Å². The van der Waals surface area contributed by atoms with Crippen LogP contribution in [0.15, 0.2) is 42.6 Å². The molecular formula is C19H19FN6O. The van der Waals surface area contributed by atoms with E-state index >= 15 is 0 Å². The number of halogens is 1. The fraction of sp³-hybridized carbons (Fsp3) is 0.211. The second kappa shape index (κ2) is 7.16. The molecule has 27 heavy (non-hydrogen) atoms. The van der Waals surface area contributed by atoms with Crippen LogP contribution in [0.4, 0.5) is 21.7 Å². The zero-order chi connectivity index (χ0) is 18.8. The Bertz CT molecular complexity index is 1000. The molecule has 8 heteroatoms. The Morgan fingerprint density at radius 2 is 2.15 bits per heavy atom. The number of pyridine rings is 2. The molecule has 1 saturated heterocycles. The molecule has 0 aliphatic carbocycles. The number of primary amides is 1. The first-order valence-corrected chi connectivity index (χ1v) is 8.69. The van der Waals surface area contributed by atoms with Gasteiger partial charge in [0.15, 0.2) is 11.6 Å². The van der Waals surface area contributed by atoms with Crippen molar-refractivity contribution in [1.82, 2.24) is 15.3 Å². The van der Waals surface area contributed by atoms with Crippen molar-refractivity contribution < 1.29 is 9.18 Å². The maximum absolute atomic E-state index is 14.4. The van der Waals surface area contributed by atoms with Crippen molar-refractivity contribution in [2.75, 3.05) is 23.7 Å². The molecule has 0 bridgehead atoms. The van der Waals surface area contributed by atoms with Gasteiger partial charge in [0.1, 0.15) is 5.82 Å². The summed E-state index contributed by atoms with van der Waals surface area (Å²) in [6.45, 7) is 1.61. The molecule has 0 radical (unpaired) electrons. The lowest BCUT2D eigenvalue weighted by Gasteiger charge is -2.16. The van der Waals surface area contributed by atoms with E-state index in [1.807, 2.05) is 30.3 Å². The summed E-state index contributed by atoms with van der Waals surface area (Å²) in [5, 5.41) is 10.3. The summed E-state index contributed by atoms with van der Waals surface area (Å²) in [5.41, 5.74) is 6.96. The monoisotopic (exact) mass is 366 g/mol. The number of rotatable bonds is 5. The average Bonchev–Trinajstić information content (AvgIpc) is 3.17. The molecule has 1 fully saturated rings. The van der Waals surface area contributed by atoms with Crippen LogP contribution in [0, 0.1) is 5.82 Å². The quantitative estimate of drug-likeness (QED) is 0.553. The number of hydrogen-bond donors (Lipinski definition) is 4. The van der Waals surface area contributed by atoms with Crippen molar-refractivity contribution in [3.05, 3.63) is 54.0 Å². The van der Waals surface area contributed by atoms with Gasteiger partial charge in [-0.3, -0.25) is 9.78 Å². The highest BCUT2D eigenvalue weighted by Crippen LogP contribution is 2.26. The molecule has 2 aromatic heterocycles. The average molecular weight is 366 g/mol. The fourth-order valence-electron chi connectivity index (χ4n) is 3.13. The minimum atomic E-state index is -0.750. The Labute approximate surface area is 155 Å². The lowest BCUT2D eigenvalue weighted by molar-refractivity contribution is 0.100. The van der Waals surface area contributed by atoms with Gasteiger partial charge in [-0.1, -0.05) is 6.07 Å². The van der Waals surface area contributed by atoms with Gasteiger partial charge in [0, 0.05) is 29.9 Å². The predicted molar refractivity (Wildman–Crippen MR) is 103 cm³/mol. The molecule has 5 N–H and O–H groups in total. The molecule has 3 heterocycles. The molecule has 3 aromatic rings. The standard InChI is InChI=1S/C19H19FN6O/c20-15-9-14(17(21)27)18(26-19(15)25-13-5-7-22-10-13)24-12-3-4-16-11(8-12)2-1-6-23-16/h1-4,6,8-9,13,22H,5,7,10H2,(H2,21,27)(H2,24,25,26)/t13-/m1/s1. The number of carbonyl (C=O) groups excluding carboxylic acids is 1. The molecular weight excluding hydrogens is 347 g/mol. The Hall–Kier alpha value is -3.26.